The number of benzene rings is 1. The number of aromatic nitrogens is 2. The number of nitrogens with one attached hydrogen (secondary N) is 1. The fourth-order valence-electron chi connectivity index (χ4n) is 1.45. The minimum absolute atomic E-state index is 0.511. The maximum atomic E-state index is 5.88. The predicted molar refractivity (Wildman–Crippen MR) is 75.5 cm³/mol. The average Bonchev–Trinajstić information content (AvgIpc) is 2.35. The van der Waals surface area contributed by atoms with Crippen molar-refractivity contribution in [2.45, 2.75) is 6.92 Å². The fourth-order valence-corrected chi connectivity index (χ4v) is 2.21. The molecule has 0 bridgehead atoms. The van der Waals surface area contributed by atoms with E-state index in [1.165, 1.54) is 6.33 Å². The number of ether oxygens (including phenoxy) is 1. The van der Waals surface area contributed by atoms with Crippen molar-refractivity contribution in [3.63, 3.8) is 0 Å². The van der Waals surface area contributed by atoms with Gasteiger partial charge in [0.2, 0.25) is 5.88 Å². The van der Waals surface area contributed by atoms with Crippen molar-refractivity contribution in [2.24, 2.45) is 0 Å². The van der Waals surface area contributed by atoms with E-state index in [0.29, 0.717) is 16.7 Å². The normalized spacial score (nSPS) is 10.2. The van der Waals surface area contributed by atoms with Gasteiger partial charge in [-0.2, -0.15) is 0 Å². The lowest BCUT2D eigenvalue weighted by molar-refractivity contribution is 0.455. The van der Waals surface area contributed by atoms with E-state index in [4.69, 9.17) is 16.3 Å². The summed E-state index contributed by atoms with van der Waals surface area (Å²) in [6.45, 7) is 1.89. The van der Waals surface area contributed by atoms with Gasteiger partial charge in [-0.25, -0.2) is 9.97 Å². The van der Waals surface area contributed by atoms with Crippen molar-refractivity contribution in [2.75, 3.05) is 12.4 Å². The predicted octanol–water partition coefficient (Wildman–Crippen LogP) is 4.03. The lowest BCUT2D eigenvalue weighted by Gasteiger charge is -2.11. The Morgan fingerprint density at radius 2 is 2.11 bits per heavy atom. The number of hydrogen-bond donors (Lipinski definition) is 1. The molecule has 0 aliphatic rings. The van der Waals surface area contributed by atoms with Gasteiger partial charge < -0.3 is 10.1 Å². The van der Waals surface area contributed by atoms with Gasteiger partial charge in [0.1, 0.15) is 17.9 Å². The zero-order chi connectivity index (χ0) is 13.1. The van der Waals surface area contributed by atoms with E-state index < -0.39 is 0 Å². The summed E-state index contributed by atoms with van der Waals surface area (Å²) in [5.41, 5.74) is 0.849. The molecule has 2 rings (SSSR count). The molecule has 2 aromatic rings. The van der Waals surface area contributed by atoms with Crippen LogP contribution in [0.4, 0.5) is 5.82 Å². The quantitative estimate of drug-likeness (QED) is 0.924. The van der Waals surface area contributed by atoms with E-state index in [9.17, 15) is 0 Å². The average molecular weight is 329 g/mol. The Morgan fingerprint density at radius 1 is 1.33 bits per heavy atom. The first-order valence-electron chi connectivity index (χ1n) is 5.24. The molecule has 6 heteroatoms. The van der Waals surface area contributed by atoms with E-state index in [0.717, 1.165) is 15.9 Å². The monoisotopic (exact) mass is 327 g/mol. The highest BCUT2D eigenvalue weighted by atomic mass is 79.9. The van der Waals surface area contributed by atoms with Gasteiger partial charge in [0.25, 0.3) is 0 Å². The van der Waals surface area contributed by atoms with Crippen LogP contribution >= 0.6 is 27.5 Å². The summed E-state index contributed by atoms with van der Waals surface area (Å²) in [7, 11) is 1.80. The molecule has 18 heavy (non-hydrogen) atoms. The SMILES string of the molecule is CNc1ncnc(Oc2ccc(Cl)cc2Br)c1C. The lowest BCUT2D eigenvalue weighted by atomic mass is 10.3. The summed E-state index contributed by atoms with van der Waals surface area (Å²) in [5.74, 6) is 1.91. The van der Waals surface area contributed by atoms with E-state index in [1.54, 1.807) is 25.2 Å². The largest absolute Gasteiger partial charge is 0.437 e. The summed E-state index contributed by atoms with van der Waals surface area (Å²) in [6.07, 6.45) is 1.46. The number of halogens is 2. The smallest absolute Gasteiger partial charge is 0.227 e. The first-order chi connectivity index (χ1) is 8.61. The molecule has 1 aromatic carbocycles. The van der Waals surface area contributed by atoms with Crippen molar-refractivity contribution in [1.82, 2.24) is 9.97 Å². The standard InChI is InChI=1S/C12H11BrClN3O/c1-7-11(15-2)16-6-17-12(7)18-10-4-3-8(14)5-9(10)13/h3-6H,1-2H3,(H,15,16,17). The third kappa shape index (κ3) is 2.73. The highest BCUT2D eigenvalue weighted by Gasteiger charge is 2.10. The van der Waals surface area contributed by atoms with Crippen LogP contribution in [0.15, 0.2) is 29.0 Å². The number of nitrogens with zero attached hydrogens (tertiary/aromatic N) is 2. The molecule has 1 heterocycles. The molecule has 0 amide bonds. The Hall–Kier alpha value is -1.33. The van der Waals surface area contributed by atoms with Gasteiger partial charge in [-0.1, -0.05) is 11.6 Å². The zero-order valence-electron chi connectivity index (χ0n) is 9.87. The van der Waals surface area contributed by atoms with Crippen LogP contribution in [0, 0.1) is 6.92 Å². The molecule has 4 nitrogen and oxygen atoms in total. The van der Waals surface area contributed by atoms with Crippen molar-refractivity contribution < 1.29 is 4.74 Å². The second-order valence-electron chi connectivity index (χ2n) is 3.58. The van der Waals surface area contributed by atoms with E-state index in [2.05, 4.69) is 31.2 Å². The molecule has 0 fully saturated rings. The summed E-state index contributed by atoms with van der Waals surface area (Å²) in [5, 5.41) is 3.62. The Kier molecular flexibility index (Phi) is 4.04. The Balaban J connectivity index is 2.34. The summed E-state index contributed by atoms with van der Waals surface area (Å²) >= 11 is 9.27. The molecule has 0 unspecified atom stereocenters. The molecule has 0 saturated carbocycles. The molecule has 0 saturated heterocycles. The molecule has 0 spiro atoms. The van der Waals surface area contributed by atoms with Gasteiger partial charge in [-0.15, -0.1) is 0 Å². The molecule has 1 aromatic heterocycles. The van der Waals surface area contributed by atoms with Crippen molar-refractivity contribution in [3.8, 4) is 11.6 Å². The van der Waals surface area contributed by atoms with Crippen LogP contribution < -0.4 is 10.1 Å². The van der Waals surface area contributed by atoms with Gasteiger partial charge >= 0.3 is 0 Å². The van der Waals surface area contributed by atoms with Crippen LogP contribution in [0.5, 0.6) is 11.6 Å². The number of hydrogen-bond acceptors (Lipinski definition) is 4. The maximum absolute atomic E-state index is 5.88. The van der Waals surface area contributed by atoms with Gasteiger partial charge in [0.05, 0.1) is 10.0 Å². The molecular formula is C12H11BrClN3O. The molecule has 0 aliphatic carbocycles. The first-order valence-corrected chi connectivity index (χ1v) is 6.41. The number of anilines is 1. The summed E-state index contributed by atoms with van der Waals surface area (Å²) in [4.78, 5) is 8.22. The zero-order valence-corrected chi connectivity index (χ0v) is 12.2. The highest BCUT2D eigenvalue weighted by molar-refractivity contribution is 9.10. The van der Waals surface area contributed by atoms with Gasteiger partial charge in [0, 0.05) is 12.1 Å². The highest BCUT2D eigenvalue weighted by Crippen LogP contribution is 2.33. The molecular weight excluding hydrogens is 318 g/mol. The van der Waals surface area contributed by atoms with Gasteiger partial charge in [0.15, 0.2) is 0 Å². The fraction of sp³-hybridized carbons (Fsp3) is 0.167. The Bertz CT molecular complexity index is 577. The molecule has 94 valence electrons. The van der Waals surface area contributed by atoms with Gasteiger partial charge in [-0.05, 0) is 41.1 Å². The minimum atomic E-state index is 0.511. The second-order valence-corrected chi connectivity index (χ2v) is 4.87. The van der Waals surface area contributed by atoms with Crippen molar-refractivity contribution >= 4 is 33.3 Å². The van der Waals surface area contributed by atoms with E-state index >= 15 is 0 Å². The molecule has 1 N–H and O–H groups in total. The van der Waals surface area contributed by atoms with Gasteiger partial charge in [-0.3, -0.25) is 0 Å². The molecule has 0 radical (unpaired) electrons. The summed E-state index contributed by atoms with van der Waals surface area (Å²) in [6, 6.07) is 5.32. The van der Waals surface area contributed by atoms with E-state index in [-0.39, 0.29) is 0 Å². The van der Waals surface area contributed by atoms with Crippen LogP contribution in [0.1, 0.15) is 5.56 Å². The van der Waals surface area contributed by atoms with Crippen LogP contribution in [0.25, 0.3) is 0 Å². The van der Waals surface area contributed by atoms with Crippen LogP contribution in [0.2, 0.25) is 5.02 Å². The topological polar surface area (TPSA) is 47.0 Å². The van der Waals surface area contributed by atoms with Crippen molar-refractivity contribution in [3.05, 3.63) is 39.6 Å². The number of rotatable bonds is 3. The first kappa shape index (κ1) is 13.1. The second kappa shape index (κ2) is 5.54. The Labute approximate surface area is 118 Å². The molecule has 0 aliphatic heterocycles. The Morgan fingerprint density at radius 3 is 2.78 bits per heavy atom. The minimum Gasteiger partial charge on any atom is -0.437 e. The summed E-state index contributed by atoms with van der Waals surface area (Å²) < 4.78 is 6.52. The van der Waals surface area contributed by atoms with Crippen molar-refractivity contribution in [1.29, 1.82) is 0 Å². The van der Waals surface area contributed by atoms with Crippen LogP contribution in [0.3, 0.4) is 0 Å². The third-order valence-corrected chi connectivity index (χ3v) is 3.23. The van der Waals surface area contributed by atoms with Crippen LogP contribution in [-0.2, 0) is 0 Å². The van der Waals surface area contributed by atoms with Crippen LogP contribution in [-0.4, -0.2) is 17.0 Å². The maximum Gasteiger partial charge on any atom is 0.227 e. The lowest BCUT2D eigenvalue weighted by Crippen LogP contribution is -2.00. The molecule has 0 atom stereocenters. The van der Waals surface area contributed by atoms with E-state index in [1.807, 2.05) is 6.92 Å². The third-order valence-electron chi connectivity index (χ3n) is 2.38.